The topological polar surface area (TPSA) is 97.0 Å². The fourth-order valence-electron chi connectivity index (χ4n) is 4.15. The molecule has 8 heteroatoms. The molecule has 2 aliphatic heterocycles. The van der Waals surface area contributed by atoms with Crippen LogP contribution in [0.2, 0.25) is 0 Å². The van der Waals surface area contributed by atoms with Gasteiger partial charge in [0.25, 0.3) is 11.8 Å². The van der Waals surface area contributed by atoms with E-state index in [9.17, 15) is 14.4 Å². The van der Waals surface area contributed by atoms with E-state index in [0.717, 1.165) is 32.1 Å². The van der Waals surface area contributed by atoms with Crippen molar-refractivity contribution in [3.05, 3.63) is 23.8 Å². The summed E-state index contributed by atoms with van der Waals surface area (Å²) in [5, 5.41) is 6.14. The molecule has 29 heavy (non-hydrogen) atoms. The van der Waals surface area contributed by atoms with Crippen LogP contribution in [-0.2, 0) is 14.3 Å². The van der Waals surface area contributed by atoms with Gasteiger partial charge >= 0.3 is 0 Å². The Morgan fingerprint density at radius 3 is 2.59 bits per heavy atom. The number of fused-ring (bicyclic) bond motifs is 1. The van der Waals surface area contributed by atoms with E-state index in [4.69, 9.17) is 9.47 Å². The summed E-state index contributed by atoms with van der Waals surface area (Å²) in [4.78, 5) is 38.4. The average Bonchev–Trinajstić information content (AvgIpc) is 3.24. The van der Waals surface area contributed by atoms with Crippen LogP contribution in [0.3, 0.4) is 0 Å². The number of likely N-dealkylation sites (N-methyl/N-ethyl adjacent to an activating group) is 1. The summed E-state index contributed by atoms with van der Waals surface area (Å²) in [5.41, 5.74) is 1.10. The van der Waals surface area contributed by atoms with Gasteiger partial charge in [-0.1, -0.05) is 0 Å². The molecule has 2 fully saturated rings. The predicted molar refractivity (Wildman–Crippen MR) is 106 cm³/mol. The first-order valence-corrected chi connectivity index (χ1v) is 10.2. The van der Waals surface area contributed by atoms with Gasteiger partial charge in [0.1, 0.15) is 5.75 Å². The number of nitrogens with zero attached hydrogens (tertiary/aromatic N) is 1. The molecule has 3 aliphatic rings. The predicted octanol–water partition coefficient (Wildman–Crippen LogP) is 1.24. The highest BCUT2D eigenvalue weighted by atomic mass is 16.5. The molecule has 1 aromatic rings. The van der Waals surface area contributed by atoms with Gasteiger partial charge in [0.2, 0.25) is 5.91 Å². The van der Waals surface area contributed by atoms with Gasteiger partial charge in [-0.25, -0.2) is 0 Å². The second-order valence-corrected chi connectivity index (χ2v) is 8.02. The summed E-state index contributed by atoms with van der Waals surface area (Å²) in [7, 11) is 1.68. The van der Waals surface area contributed by atoms with Gasteiger partial charge in [0.05, 0.1) is 18.3 Å². The van der Waals surface area contributed by atoms with Crippen molar-refractivity contribution in [2.45, 2.75) is 44.2 Å². The number of ether oxygens (including phenoxy) is 2. The molecule has 1 aliphatic carbocycles. The number of benzene rings is 1. The largest absolute Gasteiger partial charge is 0.482 e. The van der Waals surface area contributed by atoms with Crippen LogP contribution >= 0.6 is 0 Å². The van der Waals surface area contributed by atoms with Crippen LogP contribution in [-0.4, -0.2) is 56.7 Å². The van der Waals surface area contributed by atoms with Crippen molar-refractivity contribution in [1.82, 2.24) is 10.6 Å². The molecular weight excluding hydrogens is 374 g/mol. The molecule has 8 nitrogen and oxygen atoms in total. The van der Waals surface area contributed by atoms with Crippen LogP contribution in [0, 0.1) is 5.92 Å². The minimum absolute atomic E-state index is 0.00399. The lowest BCUT2D eigenvalue weighted by Gasteiger charge is -2.29. The van der Waals surface area contributed by atoms with Crippen LogP contribution in [0.25, 0.3) is 0 Å². The number of hydrogen-bond donors (Lipinski definition) is 2. The Labute approximate surface area is 169 Å². The summed E-state index contributed by atoms with van der Waals surface area (Å²) in [6.45, 7) is 1.33. The number of amides is 3. The number of hydrogen-bond acceptors (Lipinski definition) is 5. The van der Waals surface area contributed by atoms with E-state index in [1.54, 1.807) is 25.2 Å². The molecule has 2 heterocycles. The van der Waals surface area contributed by atoms with Gasteiger partial charge in [0, 0.05) is 31.2 Å². The molecule has 0 radical (unpaired) electrons. The maximum atomic E-state index is 12.7. The molecule has 2 N–H and O–H groups in total. The summed E-state index contributed by atoms with van der Waals surface area (Å²) in [5.74, 6) is 0.394. The highest BCUT2D eigenvalue weighted by Gasteiger charge is 2.30. The smallest absolute Gasteiger partial charge is 0.264 e. The van der Waals surface area contributed by atoms with Crippen LogP contribution in [0.4, 0.5) is 5.69 Å². The van der Waals surface area contributed by atoms with Crippen molar-refractivity contribution >= 4 is 23.4 Å². The van der Waals surface area contributed by atoms with E-state index < -0.39 is 0 Å². The molecule has 1 atom stereocenters. The monoisotopic (exact) mass is 401 g/mol. The zero-order valence-corrected chi connectivity index (χ0v) is 16.6. The van der Waals surface area contributed by atoms with Crippen LogP contribution in [0.15, 0.2) is 18.2 Å². The van der Waals surface area contributed by atoms with E-state index >= 15 is 0 Å². The fraction of sp³-hybridized carbons (Fsp3) is 0.571. The summed E-state index contributed by atoms with van der Waals surface area (Å²) in [6.07, 6.45) is 3.96. The number of carbonyl (C=O) groups excluding carboxylic acids is 3. The van der Waals surface area contributed by atoms with Gasteiger partial charge < -0.3 is 25.0 Å². The molecule has 0 bridgehead atoms. The first kappa shape index (κ1) is 19.7. The third kappa shape index (κ3) is 4.37. The summed E-state index contributed by atoms with van der Waals surface area (Å²) < 4.78 is 10.7. The van der Waals surface area contributed by atoms with Crippen molar-refractivity contribution in [3.8, 4) is 5.75 Å². The van der Waals surface area contributed by atoms with Gasteiger partial charge in [-0.2, -0.15) is 0 Å². The molecule has 156 valence electrons. The maximum absolute atomic E-state index is 12.7. The Morgan fingerprint density at radius 2 is 1.86 bits per heavy atom. The van der Waals surface area contributed by atoms with Crippen molar-refractivity contribution in [1.29, 1.82) is 0 Å². The Kier molecular flexibility index (Phi) is 5.71. The highest BCUT2D eigenvalue weighted by molar-refractivity contribution is 6.01. The zero-order chi connectivity index (χ0) is 20.4. The van der Waals surface area contributed by atoms with Crippen molar-refractivity contribution in [2.75, 3.05) is 31.8 Å². The van der Waals surface area contributed by atoms with Crippen LogP contribution < -0.4 is 20.3 Å². The number of anilines is 1. The second-order valence-electron chi connectivity index (χ2n) is 8.02. The average molecular weight is 401 g/mol. The number of nitrogens with one attached hydrogen (secondary N) is 2. The molecule has 0 spiro atoms. The minimum Gasteiger partial charge on any atom is -0.482 e. The third-order valence-electron chi connectivity index (χ3n) is 6.02. The molecule has 4 rings (SSSR count). The van der Waals surface area contributed by atoms with E-state index in [1.165, 1.54) is 4.90 Å². The molecule has 1 saturated heterocycles. The SMILES string of the molecule is CN1C(=O)COc2ccc(C(=O)NC3CCC(C(=O)NC4CCOC4)CC3)cc21. The van der Waals surface area contributed by atoms with Crippen molar-refractivity contribution in [2.24, 2.45) is 5.92 Å². The first-order chi connectivity index (χ1) is 14.0. The van der Waals surface area contributed by atoms with Gasteiger partial charge in [-0.05, 0) is 50.3 Å². The molecule has 0 aromatic heterocycles. The Hall–Kier alpha value is -2.61. The number of carbonyl (C=O) groups is 3. The number of rotatable bonds is 4. The van der Waals surface area contributed by atoms with Gasteiger partial charge in [-0.15, -0.1) is 0 Å². The normalized spacial score (nSPS) is 26.4. The highest BCUT2D eigenvalue weighted by Crippen LogP contribution is 2.32. The van der Waals surface area contributed by atoms with E-state index in [2.05, 4.69) is 10.6 Å². The molecule has 1 aromatic carbocycles. The van der Waals surface area contributed by atoms with Gasteiger partial charge in [-0.3, -0.25) is 14.4 Å². The Balaban J connectivity index is 1.30. The lowest BCUT2D eigenvalue weighted by Crippen LogP contribution is -2.43. The summed E-state index contributed by atoms with van der Waals surface area (Å²) in [6, 6.07) is 5.30. The zero-order valence-electron chi connectivity index (χ0n) is 16.6. The minimum atomic E-state index is -0.171. The first-order valence-electron chi connectivity index (χ1n) is 10.2. The van der Waals surface area contributed by atoms with Crippen LogP contribution in [0.5, 0.6) is 5.75 Å². The fourth-order valence-corrected chi connectivity index (χ4v) is 4.15. The molecular formula is C21H27N3O5. The maximum Gasteiger partial charge on any atom is 0.264 e. The van der Waals surface area contributed by atoms with E-state index in [0.29, 0.717) is 30.2 Å². The molecule has 1 saturated carbocycles. The second kappa shape index (κ2) is 8.41. The van der Waals surface area contributed by atoms with E-state index in [1.807, 2.05) is 0 Å². The molecule has 1 unspecified atom stereocenters. The third-order valence-corrected chi connectivity index (χ3v) is 6.02. The van der Waals surface area contributed by atoms with Crippen LogP contribution in [0.1, 0.15) is 42.5 Å². The van der Waals surface area contributed by atoms with E-state index in [-0.39, 0.29) is 42.3 Å². The lowest BCUT2D eigenvalue weighted by molar-refractivity contribution is -0.126. The quantitative estimate of drug-likeness (QED) is 0.791. The van der Waals surface area contributed by atoms with Crippen molar-refractivity contribution in [3.63, 3.8) is 0 Å². The summed E-state index contributed by atoms with van der Waals surface area (Å²) >= 11 is 0. The Bertz CT molecular complexity index is 798. The van der Waals surface area contributed by atoms with Crippen molar-refractivity contribution < 1.29 is 23.9 Å². The Morgan fingerprint density at radius 1 is 1.07 bits per heavy atom. The standard InChI is InChI=1S/C21H27N3O5/c1-24-17-10-14(4-7-18(17)29-12-19(24)25)21(27)22-15-5-2-13(3-6-15)20(26)23-16-8-9-28-11-16/h4,7,10,13,15-16H,2-3,5-6,8-9,11-12H2,1H3,(H,22,27)(H,23,26). The van der Waals surface area contributed by atoms with Gasteiger partial charge in [0.15, 0.2) is 6.61 Å². The lowest BCUT2D eigenvalue weighted by atomic mass is 9.85. The molecule has 3 amide bonds.